The zero-order chi connectivity index (χ0) is 26.5. The quantitative estimate of drug-likeness (QED) is 0.267. The number of anilines is 2. The third kappa shape index (κ3) is 5.60. The SMILES string of the molecule is CCCC(=O)Nc1c(C)ccc2c(Oc3ncccc3-c3ccnc(N[C@H]4CCCNC4)n3)c(C)ccc12. The highest BCUT2D eigenvalue weighted by molar-refractivity contribution is 6.05. The largest absolute Gasteiger partial charge is 0.437 e. The number of aryl methyl sites for hydroxylation is 2. The van der Waals surface area contributed by atoms with Gasteiger partial charge in [0.1, 0.15) is 5.75 Å². The maximum Gasteiger partial charge on any atom is 0.228 e. The first-order chi connectivity index (χ1) is 18.5. The zero-order valence-corrected chi connectivity index (χ0v) is 22.2. The van der Waals surface area contributed by atoms with E-state index in [-0.39, 0.29) is 5.91 Å². The summed E-state index contributed by atoms with van der Waals surface area (Å²) in [6.45, 7) is 7.96. The molecule has 2 aromatic carbocycles. The average molecular weight is 511 g/mol. The summed E-state index contributed by atoms with van der Waals surface area (Å²) in [4.78, 5) is 26.2. The van der Waals surface area contributed by atoms with Gasteiger partial charge in [-0.15, -0.1) is 0 Å². The molecule has 1 amide bonds. The van der Waals surface area contributed by atoms with Crippen LogP contribution in [0, 0.1) is 13.8 Å². The number of carbonyl (C=O) groups is 1. The van der Waals surface area contributed by atoms with E-state index in [1.807, 2.05) is 63.2 Å². The lowest BCUT2D eigenvalue weighted by molar-refractivity contribution is -0.116. The van der Waals surface area contributed by atoms with E-state index in [9.17, 15) is 4.79 Å². The molecule has 0 spiro atoms. The Bertz CT molecular complexity index is 1450. The third-order valence-electron chi connectivity index (χ3n) is 6.83. The van der Waals surface area contributed by atoms with Gasteiger partial charge < -0.3 is 20.7 Å². The van der Waals surface area contributed by atoms with E-state index in [4.69, 9.17) is 9.72 Å². The fourth-order valence-corrected chi connectivity index (χ4v) is 4.83. The molecule has 1 fully saturated rings. The highest BCUT2D eigenvalue weighted by Crippen LogP contribution is 2.39. The molecule has 1 aliphatic heterocycles. The fourth-order valence-electron chi connectivity index (χ4n) is 4.83. The van der Waals surface area contributed by atoms with Crippen molar-refractivity contribution in [2.24, 2.45) is 0 Å². The second-order valence-corrected chi connectivity index (χ2v) is 9.77. The molecule has 1 aliphatic rings. The number of pyridine rings is 1. The molecule has 196 valence electrons. The lowest BCUT2D eigenvalue weighted by Gasteiger charge is -2.23. The molecule has 8 nitrogen and oxygen atoms in total. The van der Waals surface area contributed by atoms with E-state index in [0.717, 1.165) is 71.2 Å². The van der Waals surface area contributed by atoms with E-state index >= 15 is 0 Å². The Balaban J connectivity index is 1.49. The molecule has 4 aromatic rings. The average Bonchev–Trinajstić information content (AvgIpc) is 2.93. The number of piperidine rings is 1. The molecule has 0 bridgehead atoms. The topological polar surface area (TPSA) is 101 Å². The van der Waals surface area contributed by atoms with Crippen LogP contribution in [0.4, 0.5) is 11.6 Å². The maximum atomic E-state index is 12.4. The highest BCUT2D eigenvalue weighted by atomic mass is 16.5. The van der Waals surface area contributed by atoms with Crippen molar-refractivity contribution < 1.29 is 9.53 Å². The Morgan fingerprint density at radius 3 is 2.71 bits per heavy atom. The standard InChI is InChI=1S/C30H34N6O2/c1-4-7-26(37)36-27-19(2)10-13-23-22(27)12-11-20(3)28(23)38-29-24(9-6-16-32-29)25-14-17-33-30(35-25)34-21-8-5-15-31-18-21/h6,9-14,16-17,21,31H,4-5,7-8,15,18H2,1-3H3,(H,36,37)(H,33,34,35)/t21-/m0/s1. The normalized spacial score (nSPS) is 15.3. The maximum absolute atomic E-state index is 12.4. The van der Waals surface area contributed by atoms with E-state index in [0.29, 0.717) is 30.0 Å². The van der Waals surface area contributed by atoms with Crippen LogP contribution in [0.15, 0.2) is 54.9 Å². The molecular formula is C30H34N6O2. The van der Waals surface area contributed by atoms with Gasteiger partial charge in [-0.2, -0.15) is 0 Å². The molecule has 1 atom stereocenters. The van der Waals surface area contributed by atoms with Crippen molar-refractivity contribution in [2.75, 3.05) is 23.7 Å². The first-order valence-corrected chi connectivity index (χ1v) is 13.3. The van der Waals surface area contributed by atoms with Crippen LogP contribution >= 0.6 is 0 Å². The summed E-state index contributed by atoms with van der Waals surface area (Å²) in [7, 11) is 0. The van der Waals surface area contributed by atoms with Crippen molar-refractivity contribution in [2.45, 2.75) is 52.5 Å². The van der Waals surface area contributed by atoms with Crippen LogP contribution in [-0.4, -0.2) is 40.0 Å². The number of carbonyl (C=O) groups excluding carboxylic acids is 1. The van der Waals surface area contributed by atoms with Crippen LogP contribution in [0.25, 0.3) is 22.0 Å². The molecule has 0 radical (unpaired) electrons. The summed E-state index contributed by atoms with van der Waals surface area (Å²) in [5.74, 6) is 1.77. The van der Waals surface area contributed by atoms with Gasteiger partial charge in [-0.05, 0) is 69.0 Å². The summed E-state index contributed by atoms with van der Waals surface area (Å²) in [6, 6.07) is 14.1. The lowest BCUT2D eigenvalue weighted by atomic mass is 10.0. The lowest BCUT2D eigenvalue weighted by Crippen LogP contribution is -2.38. The molecule has 1 saturated heterocycles. The number of amides is 1. The van der Waals surface area contributed by atoms with Gasteiger partial charge in [0.15, 0.2) is 0 Å². The van der Waals surface area contributed by atoms with Crippen molar-refractivity contribution in [3.05, 3.63) is 66.0 Å². The molecule has 38 heavy (non-hydrogen) atoms. The summed E-state index contributed by atoms with van der Waals surface area (Å²) < 4.78 is 6.53. The Morgan fingerprint density at radius 1 is 1.05 bits per heavy atom. The van der Waals surface area contributed by atoms with Crippen LogP contribution in [-0.2, 0) is 4.79 Å². The van der Waals surface area contributed by atoms with Gasteiger partial charge in [-0.3, -0.25) is 4.79 Å². The Labute approximate surface area is 223 Å². The number of benzene rings is 2. The molecule has 2 aromatic heterocycles. The van der Waals surface area contributed by atoms with Gasteiger partial charge in [-0.25, -0.2) is 15.0 Å². The second-order valence-electron chi connectivity index (χ2n) is 9.77. The van der Waals surface area contributed by atoms with E-state index in [1.54, 1.807) is 12.4 Å². The predicted octanol–water partition coefficient (Wildman–Crippen LogP) is 6.00. The minimum absolute atomic E-state index is 0.00957. The number of fused-ring (bicyclic) bond motifs is 1. The van der Waals surface area contributed by atoms with Crippen LogP contribution in [0.2, 0.25) is 0 Å². The molecule has 0 saturated carbocycles. The number of hydrogen-bond acceptors (Lipinski definition) is 7. The van der Waals surface area contributed by atoms with Crippen LogP contribution in [0.3, 0.4) is 0 Å². The van der Waals surface area contributed by atoms with E-state index < -0.39 is 0 Å². The molecule has 0 aliphatic carbocycles. The number of nitrogens with one attached hydrogen (secondary N) is 3. The van der Waals surface area contributed by atoms with Crippen LogP contribution < -0.4 is 20.7 Å². The molecule has 5 rings (SSSR count). The van der Waals surface area contributed by atoms with Crippen LogP contribution in [0.5, 0.6) is 11.6 Å². The summed E-state index contributed by atoms with van der Waals surface area (Å²) >= 11 is 0. The second kappa shape index (κ2) is 11.6. The molecular weight excluding hydrogens is 476 g/mol. The molecule has 3 heterocycles. The van der Waals surface area contributed by atoms with Crippen molar-refractivity contribution in [3.8, 4) is 22.9 Å². The fraction of sp³-hybridized carbons (Fsp3) is 0.333. The molecule has 3 N–H and O–H groups in total. The molecule has 8 heteroatoms. The van der Waals surface area contributed by atoms with Gasteiger partial charge in [-0.1, -0.05) is 31.2 Å². The smallest absolute Gasteiger partial charge is 0.228 e. The molecule has 0 unspecified atom stereocenters. The minimum Gasteiger partial charge on any atom is -0.437 e. The zero-order valence-electron chi connectivity index (χ0n) is 22.2. The van der Waals surface area contributed by atoms with Gasteiger partial charge in [0.2, 0.25) is 17.7 Å². The predicted molar refractivity (Wildman–Crippen MR) is 152 cm³/mol. The van der Waals surface area contributed by atoms with Crippen molar-refractivity contribution in [1.29, 1.82) is 0 Å². The minimum atomic E-state index is 0.00957. The van der Waals surface area contributed by atoms with Gasteiger partial charge in [0.05, 0.1) is 16.9 Å². The van der Waals surface area contributed by atoms with Crippen LogP contribution in [0.1, 0.15) is 43.7 Å². The van der Waals surface area contributed by atoms with Gasteiger partial charge >= 0.3 is 0 Å². The van der Waals surface area contributed by atoms with Crippen molar-refractivity contribution >= 4 is 28.3 Å². The summed E-state index contributed by atoms with van der Waals surface area (Å²) in [5, 5.41) is 11.8. The van der Waals surface area contributed by atoms with E-state index in [2.05, 4.69) is 25.9 Å². The van der Waals surface area contributed by atoms with Crippen molar-refractivity contribution in [1.82, 2.24) is 20.3 Å². The number of aromatic nitrogens is 3. The van der Waals surface area contributed by atoms with E-state index in [1.165, 1.54) is 0 Å². The Kier molecular flexibility index (Phi) is 7.79. The number of ether oxygens (including phenoxy) is 1. The Hall–Kier alpha value is -4.04. The third-order valence-corrected chi connectivity index (χ3v) is 6.83. The monoisotopic (exact) mass is 510 g/mol. The Morgan fingerprint density at radius 2 is 1.89 bits per heavy atom. The summed E-state index contributed by atoms with van der Waals surface area (Å²) in [5.41, 5.74) is 4.30. The van der Waals surface area contributed by atoms with Crippen molar-refractivity contribution in [3.63, 3.8) is 0 Å². The first-order valence-electron chi connectivity index (χ1n) is 13.3. The van der Waals surface area contributed by atoms with Gasteiger partial charge in [0, 0.05) is 42.2 Å². The number of hydrogen-bond donors (Lipinski definition) is 3. The highest BCUT2D eigenvalue weighted by Gasteiger charge is 2.18. The van der Waals surface area contributed by atoms with Gasteiger partial charge in [0.25, 0.3) is 0 Å². The summed E-state index contributed by atoms with van der Waals surface area (Å²) in [6.07, 6.45) is 6.97. The number of rotatable bonds is 8. The first kappa shape index (κ1) is 25.6. The number of nitrogens with zero attached hydrogens (tertiary/aromatic N) is 3.